The largest absolute Gasteiger partial charge is 0.422 e. The van der Waals surface area contributed by atoms with Crippen molar-refractivity contribution in [1.82, 2.24) is 5.32 Å². The number of nitro groups is 1. The molecule has 8 heteroatoms. The molecule has 0 spiro atoms. The molecule has 1 unspecified atom stereocenters. The first-order valence-electron chi connectivity index (χ1n) is 7.43. The molecule has 0 saturated carbocycles. The van der Waals surface area contributed by atoms with Gasteiger partial charge in [0.15, 0.2) is 0 Å². The summed E-state index contributed by atoms with van der Waals surface area (Å²) in [4.78, 5) is 35.4. The third kappa shape index (κ3) is 2.31. The number of amides is 2. The van der Waals surface area contributed by atoms with Crippen LogP contribution in [0.2, 0.25) is 0 Å². The molecule has 3 aromatic rings. The predicted molar refractivity (Wildman–Crippen MR) is 89.6 cm³/mol. The second kappa shape index (κ2) is 5.45. The van der Waals surface area contributed by atoms with Crippen LogP contribution in [-0.4, -0.2) is 11.0 Å². The number of carbonyl (C=O) groups excluding carboxylic acids is 1. The number of para-hydroxylation sites is 2. The van der Waals surface area contributed by atoms with Crippen LogP contribution in [0.4, 0.5) is 16.2 Å². The smallest absolute Gasteiger partial charge is 0.344 e. The number of hydrogen-bond donors (Lipinski definition) is 2. The highest BCUT2D eigenvalue weighted by molar-refractivity contribution is 6.03. The van der Waals surface area contributed by atoms with Crippen LogP contribution in [-0.2, 0) is 0 Å². The fourth-order valence-corrected chi connectivity index (χ4v) is 3.05. The summed E-state index contributed by atoms with van der Waals surface area (Å²) >= 11 is 0. The SMILES string of the molecule is O=C1Nc2c(c(=O)oc3ccccc23)C(c2ccccc2[N+](=O)[O-])N1. The van der Waals surface area contributed by atoms with Crippen molar-refractivity contribution in [2.75, 3.05) is 5.32 Å². The van der Waals surface area contributed by atoms with E-state index in [1.807, 2.05) is 0 Å². The zero-order chi connectivity index (χ0) is 17.6. The molecule has 2 heterocycles. The summed E-state index contributed by atoms with van der Waals surface area (Å²) in [6.45, 7) is 0. The summed E-state index contributed by atoms with van der Waals surface area (Å²) in [5.74, 6) is 0. The average molecular weight is 337 g/mol. The van der Waals surface area contributed by atoms with E-state index >= 15 is 0 Å². The molecule has 1 atom stereocenters. The minimum absolute atomic E-state index is 0.132. The Kier molecular flexibility index (Phi) is 3.24. The van der Waals surface area contributed by atoms with E-state index in [4.69, 9.17) is 4.42 Å². The van der Waals surface area contributed by atoms with Crippen LogP contribution in [0.1, 0.15) is 17.2 Å². The zero-order valence-corrected chi connectivity index (χ0v) is 12.7. The molecular formula is C17H11N3O5. The van der Waals surface area contributed by atoms with E-state index in [-0.39, 0.29) is 16.8 Å². The highest BCUT2D eigenvalue weighted by Gasteiger charge is 2.34. The van der Waals surface area contributed by atoms with Gasteiger partial charge in [-0.1, -0.05) is 24.3 Å². The normalized spacial score (nSPS) is 16.0. The molecule has 0 aliphatic carbocycles. The number of nitro benzene ring substituents is 1. The van der Waals surface area contributed by atoms with Gasteiger partial charge in [0.2, 0.25) is 0 Å². The van der Waals surface area contributed by atoms with Gasteiger partial charge in [0, 0.05) is 11.5 Å². The van der Waals surface area contributed by atoms with Gasteiger partial charge in [0.05, 0.1) is 27.8 Å². The summed E-state index contributed by atoms with van der Waals surface area (Å²) in [6, 6.07) is 11.2. The van der Waals surface area contributed by atoms with Crippen LogP contribution in [0, 0.1) is 10.1 Å². The van der Waals surface area contributed by atoms with Crippen molar-refractivity contribution < 1.29 is 14.1 Å². The number of rotatable bonds is 2. The maximum Gasteiger partial charge on any atom is 0.344 e. The van der Waals surface area contributed by atoms with Crippen LogP contribution in [0.3, 0.4) is 0 Å². The lowest BCUT2D eigenvalue weighted by Gasteiger charge is -2.26. The number of urea groups is 1. The molecule has 2 aromatic carbocycles. The first-order valence-corrected chi connectivity index (χ1v) is 7.43. The van der Waals surface area contributed by atoms with Crippen LogP contribution in [0.15, 0.2) is 57.7 Å². The fraction of sp³-hybridized carbons (Fsp3) is 0.0588. The molecule has 1 aliphatic heterocycles. The minimum atomic E-state index is -0.980. The van der Waals surface area contributed by atoms with Crippen molar-refractivity contribution in [3.05, 3.63) is 80.2 Å². The Morgan fingerprint density at radius 1 is 1.04 bits per heavy atom. The van der Waals surface area contributed by atoms with E-state index < -0.39 is 22.6 Å². The van der Waals surface area contributed by atoms with Gasteiger partial charge in [0.1, 0.15) is 5.58 Å². The third-order valence-electron chi connectivity index (χ3n) is 4.10. The molecule has 0 saturated heterocycles. The number of nitrogens with one attached hydrogen (secondary N) is 2. The van der Waals surface area contributed by atoms with Gasteiger partial charge in [-0.3, -0.25) is 10.1 Å². The zero-order valence-electron chi connectivity index (χ0n) is 12.7. The van der Waals surface area contributed by atoms with Gasteiger partial charge in [0.25, 0.3) is 5.69 Å². The lowest BCUT2D eigenvalue weighted by molar-refractivity contribution is -0.385. The van der Waals surface area contributed by atoms with Crippen molar-refractivity contribution in [2.24, 2.45) is 0 Å². The Bertz CT molecular complexity index is 1090. The maximum absolute atomic E-state index is 12.5. The van der Waals surface area contributed by atoms with E-state index in [0.717, 1.165) is 0 Å². The molecule has 0 bridgehead atoms. The second-order valence-electron chi connectivity index (χ2n) is 5.52. The van der Waals surface area contributed by atoms with Gasteiger partial charge in [-0.25, -0.2) is 9.59 Å². The molecule has 8 nitrogen and oxygen atoms in total. The summed E-state index contributed by atoms with van der Waals surface area (Å²) in [6.07, 6.45) is 0. The summed E-state index contributed by atoms with van der Waals surface area (Å²) in [5.41, 5.74) is 0.129. The number of nitrogens with zero attached hydrogens (tertiary/aromatic N) is 1. The van der Waals surface area contributed by atoms with Crippen molar-refractivity contribution >= 4 is 28.4 Å². The van der Waals surface area contributed by atoms with Crippen molar-refractivity contribution in [3.8, 4) is 0 Å². The van der Waals surface area contributed by atoms with Crippen LogP contribution in [0.25, 0.3) is 11.0 Å². The highest BCUT2D eigenvalue weighted by atomic mass is 16.6. The summed E-state index contributed by atoms with van der Waals surface area (Å²) in [5, 5.41) is 17.1. The van der Waals surface area contributed by atoms with Crippen molar-refractivity contribution in [1.29, 1.82) is 0 Å². The van der Waals surface area contributed by atoms with Gasteiger partial charge in [-0.2, -0.15) is 0 Å². The Balaban J connectivity index is 2.04. The average Bonchev–Trinajstić information content (AvgIpc) is 2.61. The first kappa shape index (κ1) is 14.9. The van der Waals surface area contributed by atoms with Gasteiger partial charge in [-0.05, 0) is 18.2 Å². The monoisotopic (exact) mass is 337 g/mol. The number of fused-ring (bicyclic) bond motifs is 3. The van der Waals surface area contributed by atoms with E-state index in [9.17, 15) is 19.7 Å². The number of carbonyl (C=O) groups is 1. The highest BCUT2D eigenvalue weighted by Crippen LogP contribution is 2.37. The topological polar surface area (TPSA) is 114 Å². The molecule has 25 heavy (non-hydrogen) atoms. The Morgan fingerprint density at radius 3 is 2.56 bits per heavy atom. The Labute approximate surface area is 140 Å². The van der Waals surface area contributed by atoms with Crippen LogP contribution >= 0.6 is 0 Å². The molecule has 0 radical (unpaired) electrons. The van der Waals surface area contributed by atoms with E-state index in [2.05, 4.69) is 10.6 Å². The second-order valence-corrected chi connectivity index (χ2v) is 5.52. The van der Waals surface area contributed by atoms with Gasteiger partial charge >= 0.3 is 11.7 Å². The number of hydrogen-bond acceptors (Lipinski definition) is 5. The lowest BCUT2D eigenvalue weighted by Crippen LogP contribution is -2.41. The lowest BCUT2D eigenvalue weighted by atomic mass is 9.94. The van der Waals surface area contributed by atoms with Crippen LogP contribution < -0.4 is 16.3 Å². The molecular weight excluding hydrogens is 326 g/mol. The molecule has 2 amide bonds. The van der Waals surface area contributed by atoms with Gasteiger partial charge in [-0.15, -0.1) is 0 Å². The predicted octanol–water partition coefficient (Wildman–Crippen LogP) is 2.93. The number of anilines is 1. The Morgan fingerprint density at radius 2 is 1.76 bits per heavy atom. The molecule has 0 fully saturated rings. The summed E-state index contributed by atoms with van der Waals surface area (Å²) in [7, 11) is 0. The standard InChI is InChI=1S/C17H11N3O5/c21-16-13-14(9-5-1-3-7-11(9)20(23)24)18-17(22)19-15(13)10-6-2-4-8-12(10)25-16/h1-8,14H,(H2,18,19,22). The molecule has 2 N–H and O–H groups in total. The maximum atomic E-state index is 12.5. The molecule has 4 rings (SSSR count). The van der Waals surface area contributed by atoms with E-state index in [1.165, 1.54) is 18.2 Å². The third-order valence-corrected chi connectivity index (χ3v) is 4.10. The minimum Gasteiger partial charge on any atom is -0.422 e. The number of benzene rings is 2. The summed E-state index contributed by atoms with van der Waals surface area (Å²) < 4.78 is 5.33. The van der Waals surface area contributed by atoms with Crippen molar-refractivity contribution in [3.63, 3.8) is 0 Å². The van der Waals surface area contributed by atoms with Crippen molar-refractivity contribution in [2.45, 2.75) is 6.04 Å². The Hall–Kier alpha value is -3.68. The molecule has 1 aromatic heterocycles. The quantitative estimate of drug-likeness (QED) is 0.424. The fourth-order valence-electron chi connectivity index (χ4n) is 3.05. The van der Waals surface area contributed by atoms with E-state index in [1.54, 1.807) is 30.3 Å². The molecule has 1 aliphatic rings. The first-order chi connectivity index (χ1) is 12.1. The molecule has 124 valence electrons. The van der Waals surface area contributed by atoms with Crippen LogP contribution in [0.5, 0.6) is 0 Å². The van der Waals surface area contributed by atoms with Gasteiger partial charge < -0.3 is 15.1 Å². The van der Waals surface area contributed by atoms with E-state index in [0.29, 0.717) is 16.7 Å².